The molecule has 1 heterocycles. The number of aromatic nitrogens is 1. The van der Waals surface area contributed by atoms with E-state index in [1.807, 2.05) is 5.32 Å². The summed E-state index contributed by atoms with van der Waals surface area (Å²) >= 11 is 2.95. The van der Waals surface area contributed by atoms with E-state index >= 15 is 0 Å². The molecule has 1 aromatic carbocycles. The number of rotatable bonds is 2. The van der Waals surface area contributed by atoms with Crippen LogP contribution in [-0.2, 0) is 0 Å². The molecule has 0 atom stereocenters. The quantitative estimate of drug-likeness (QED) is 0.380. The Morgan fingerprint density at radius 1 is 1.00 bits per heavy atom. The molecule has 0 bridgehead atoms. The summed E-state index contributed by atoms with van der Waals surface area (Å²) in [5.41, 5.74) is -1.56. The Kier molecular flexibility index (Phi) is 4.21. The number of anilines is 1. The van der Waals surface area contributed by atoms with Gasteiger partial charge in [-0.05, 0) is 28.1 Å². The second kappa shape index (κ2) is 5.76. The lowest BCUT2D eigenvalue weighted by atomic mass is 10.1. The highest BCUT2D eigenvalue weighted by Gasteiger charge is 2.29. The van der Waals surface area contributed by atoms with E-state index in [2.05, 4.69) is 20.9 Å². The first kappa shape index (κ1) is 15.4. The van der Waals surface area contributed by atoms with Crippen LogP contribution >= 0.6 is 15.9 Å². The molecule has 3 nitrogen and oxygen atoms in total. The normalized spacial score (nSPS) is 10.6. The molecule has 0 spiro atoms. The zero-order valence-corrected chi connectivity index (χ0v) is 11.4. The van der Waals surface area contributed by atoms with Crippen LogP contribution in [0.5, 0.6) is 0 Å². The molecule has 0 saturated heterocycles. The van der Waals surface area contributed by atoms with Crippen LogP contribution < -0.4 is 5.32 Å². The monoisotopic (exact) mass is 366 g/mol. The number of nitrogens with zero attached hydrogens (tertiary/aromatic N) is 1. The molecule has 2 aromatic rings. The zero-order chi connectivity index (χ0) is 15.7. The van der Waals surface area contributed by atoms with Crippen molar-refractivity contribution in [1.82, 2.24) is 4.98 Å². The number of carbonyl (C=O) groups excluding carboxylic acids is 1. The van der Waals surface area contributed by atoms with Gasteiger partial charge in [0.2, 0.25) is 5.82 Å². The molecule has 0 saturated carbocycles. The van der Waals surface area contributed by atoms with E-state index in [4.69, 9.17) is 0 Å². The lowest BCUT2D eigenvalue weighted by molar-refractivity contribution is 0.101. The lowest BCUT2D eigenvalue weighted by Crippen LogP contribution is -2.19. The largest absolute Gasteiger partial charge is 0.319 e. The molecule has 0 fully saturated rings. The van der Waals surface area contributed by atoms with Gasteiger partial charge in [-0.15, -0.1) is 0 Å². The molecule has 21 heavy (non-hydrogen) atoms. The maximum absolute atomic E-state index is 13.4. The van der Waals surface area contributed by atoms with Crippen molar-refractivity contribution in [1.29, 1.82) is 0 Å². The highest BCUT2D eigenvalue weighted by Crippen LogP contribution is 2.25. The summed E-state index contributed by atoms with van der Waals surface area (Å²) in [6, 6.07) is 2.72. The van der Waals surface area contributed by atoms with Crippen molar-refractivity contribution in [2.24, 2.45) is 0 Å². The molecule has 1 N–H and O–H groups in total. The average Bonchev–Trinajstić information content (AvgIpc) is 2.46. The van der Waals surface area contributed by atoms with Crippen molar-refractivity contribution >= 4 is 27.5 Å². The Labute approximate surface area is 122 Å². The molecule has 9 heteroatoms. The Morgan fingerprint density at radius 2 is 1.52 bits per heavy atom. The van der Waals surface area contributed by atoms with Crippen LogP contribution in [0.15, 0.2) is 22.9 Å². The number of halogens is 6. The molecule has 110 valence electrons. The highest BCUT2D eigenvalue weighted by atomic mass is 79.9. The first-order valence-electron chi connectivity index (χ1n) is 5.28. The lowest BCUT2D eigenvalue weighted by Gasteiger charge is -2.09. The van der Waals surface area contributed by atoms with Crippen molar-refractivity contribution < 1.29 is 26.7 Å². The molecule has 0 aliphatic carbocycles. The molecule has 1 aromatic heterocycles. The van der Waals surface area contributed by atoms with Crippen molar-refractivity contribution in [2.75, 3.05) is 5.32 Å². The second-order valence-electron chi connectivity index (χ2n) is 3.74. The van der Waals surface area contributed by atoms with Gasteiger partial charge in [-0.25, -0.2) is 26.9 Å². The van der Waals surface area contributed by atoms with E-state index in [-0.39, 0.29) is 10.3 Å². The van der Waals surface area contributed by atoms with Crippen LogP contribution in [0.4, 0.5) is 27.6 Å². The SMILES string of the molecule is O=C(Nc1cccnc1Br)c1c(F)c(F)c(F)c(F)c1F. The summed E-state index contributed by atoms with van der Waals surface area (Å²) in [5.74, 6) is -12.6. The molecule has 1 amide bonds. The van der Waals surface area contributed by atoms with E-state index in [1.54, 1.807) is 0 Å². The maximum Gasteiger partial charge on any atom is 0.261 e. The van der Waals surface area contributed by atoms with Gasteiger partial charge in [0.05, 0.1) is 5.69 Å². The standard InChI is InChI=1S/C12H4BrF5N2O/c13-11-4(2-1-3-19-11)20-12(21)5-6(14)8(16)10(18)9(17)7(5)15/h1-3H,(H,20,21). The fourth-order valence-electron chi connectivity index (χ4n) is 1.47. The van der Waals surface area contributed by atoms with Gasteiger partial charge in [0, 0.05) is 6.20 Å². The third kappa shape index (κ3) is 2.73. The van der Waals surface area contributed by atoms with E-state index in [0.29, 0.717) is 0 Å². The second-order valence-corrected chi connectivity index (χ2v) is 4.49. The summed E-state index contributed by atoms with van der Waals surface area (Å²) in [6.45, 7) is 0. The molecule has 0 radical (unpaired) electrons. The number of carbonyl (C=O) groups is 1. The molecule has 0 aliphatic rings. The molecule has 2 rings (SSSR count). The number of benzene rings is 1. The Morgan fingerprint density at radius 3 is 2.05 bits per heavy atom. The van der Waals surface area contributed by atoms with Gasteiger partial charge in [-0.1, -0.05) is 0 Å². The van der Waals surface area contributed by atoms with Crippen molar-refractivity contribution in [2.45, 2.75) is 0 Å². The first-order valence-corrected chi connectivity index (χ1v) is 6.07. The predicted octanol–water partition coefficient (Wildman–Crippen LogP) is 3.79. The van der Waals surface area contributed by atoms with Crippen LogP contribution in [0.3, 0.4) is 0 Å². The minimum absolute atomic E-state index is 0.00596. The van der Waals surface area contributed by atoms with E-state index < -0.39 is 40.6 Å². The minimum Gasteiger partial charge on any atom is -0.319 e. The molecule has 0 unspecified atom stereocenters. The molecule has 0 aliphatic heterocycles. The van der Waals surface area contributed by atoms with Crippen molar-refractivity contribution in [3.8, 4) is 0 Å². The highest BCUT2D eigenvalue weighted by molar-refractivity contribution is 9.10. The van der Waals surface area contributed by atoms with E-state index in [1.165, 1.54) is 18.3 Å². The van der Waals surface area contributed by atoms with Gasteiger partial charge >= 0.3 is 0 Å². The predicted molar refractivity (Wildman–Crippen MR) is 66.1 cm³/mol. The van der Waals surface area contributed by atoms with E-state index in [9.17, 15) is 26.7 Å². The first-order chi connectivity index (χ1) is 9.84. The van der Waals surface area contributed by atoms with Gasteiger partial charge in [-0.3, -0.25) is 4.79 Å². The topological polar surface area (TPSA) is 42.0 Å². The minimum atomic E-state index is -2.33. The van der Waals surface area contributed by atoms with Crippen LogP contribution in [0.2, 0.25) is 0 Å². The number of nitrogens with one attached hydrogen (secondary N) is 1. The Balaban J connectivity index is 2.48. The number of pyridine rings is 1. The summed E-state index contributed by atoms with van der Waals surface area (Å²) in [7, 11) is 0. The van der Waals surface area contributed by atoms with Gasteiger partial charge in [-0.2, -0.15) is 0 Å². The fraction of sp³-hybridized carbons (Fsp3) is 0. The smallest absolute Gasteiger partial charge is 0.261 e. The molecular weight excluding hydrogens is 363 g/mol. The van der Waals surface area contributed by atoms with Gasteiger partial charge in [0.1, 0.15) is 10.2 Å². The van der Waals surface area contributed by atoms with Crippen LogP contribution in [-0.4, -0.2) is 10.9 Å². The number of amides is 1. The average molecular weight is 367 g/mol. The van der Waals surface area contributed by atoms with Gasteiger partial charge in [0.25, 0.3) is 5.91 Å². The Bertz CT molecular complexity index is 709. The number of hydrogen-bond acceptors (Lipinski definition) is 2. The van der Waals surface area contributed by atoms with Crippen molar-refractivity contribution in [3.63, 3.8) is 0 Å². The van der Waals surface area contributed by atoms with Crippen molar-refractivity contribution in [3.05, 3.63) is 57.6 Å². The van der Waals surface area contributed by atoms with Gasteiger partial charge in [0.15, 0.2) is 23.3 Å². The van der Waals surface area contributed by atoms with Crippen LogP contribution in [0.25, 0.3) is 0 Å². The fourth-order valence-corrected chi connectivity index (χ4v) is 1.82. The van der Waals surface area contributed by atoms with Gasteiger partial charge < -0.3 is 5.32 Å². The summed E-state index contributed by atoms with van der Waals surface area (Å²) in [4.78, 5) is 15.5. The number of hydrogen-bond donors (Lipinski definition) is 1. The third-order valence-electron chi connectivity index (χ3n) is 2.44. The zero-order valence-electron chi connectivity index (χ0n) is 9.86. The maximum atomic E-state index is 13.4. The summed E-state index contributed by atoms with van der Waals surface area (Å²) in [6.07, 6.45) is 1.36. The molecular formula is C12H4BrF5N2O. The van der Waals surface area contributed by atoms with E-state index in [0.717, 1.165) is 0 Å². The Hall–Kier alpha value is -2.03. The van der Waals surface area contributed by atoms with Crippen LogP contribution in [0.1, 0.15) is 10.4 Å². The third-order valence-corrected chi connectivity index (χ3v) is 3.08. The summed E-state index contributed by atoms with van der Waals surface area (Å²) in [5, 5.41) is 2.00. The van der Waals surface area contributed by atoms with Crippen LogP contribution in [0, 0.1) is 29.1 Å². The summed E-state index contributed by atoms with van der Waals surface area (Å²) < 4.78 is 65.9.